The fraction of sp³-hybridized carbons (Fsp3) is 0.808. The number of hydrogen-bond acceptors (Lipinski definition) is 4. The first-order valence-corrected chi connectivity index (χ1v) is 12.3. The van der Waals surface area contributed by atoms with Crippen molar-refractivity contribution in [2.75, 3.05) is 6.61 Å². The van der Waals surface area contributed by atoms with Crippen LogP contribution in [0.5, 0.6) is 0 Å². The lowest BCUT2D eigenvalue weighted by Gasteiger charge is -2.55. The minimum Gasteiger partial charge on any atom is -0.458 e. The number of carbonyl (C=O) groups is 3. The number of ether oxygens (including phenoxy) is 1. The molecule has 0 unspecified atom stereocenters. The average molecular weight is 415 g/mol. The van der Waals surface area contributed by atoms with Crippen molar-refractivity contribution in [1.82, 2.24) is 0 Å². The number of carbonyl (C=O) groups excluding carboxylic acids is 3. The Kier molecular flexibility index (Phi) is 6.23. The molecule has 0 bridgehead atoms. The molecule has 0 aliphatic heterocycles. The van der Waals surface area contributed by atoms with E-state index in [1.807, 2.05) is 6.08 Å². The molecule has 166 valence electrons. The summed E-state index contributed by atoms with van der Waals surface area (Å²) in [6, 6.07) is 0. The number of ketones is 2. The number of allylic oxidation sites excluding steroid dienone is 1. The van der Waals surface area contributed by atoms with Gasteiger partial charge in [0.15, 0.2) is 11.6 Å². The van der Waals surface area contributed by atoms with Gasteiger partial charge in [-0.15, -0.1) is 0 Å². The second-order valence-electron chi connectivity index (χ2n) is 10.4. The molecule has 7 atom stereocenters. The minimum absolute atomic E-state index is 0.0468. The fourth-order valence-electron chi connectivity index (χ4n) is 8.11. The number of hydrogen-bond donors (Lipinski definition) is 0. The summed E-state index contributed by atoms with van der Waals surface area (Å²) in [5, 5.41) is 0. The Morgan fingerprint density at radius 3 is 2.63 bits per heavy atom. The van der Waals surface area contributed by atoms with E-state index in [0.29, 0.717) is 29.5 Å². The third-order valence-electron chi connectivity index (χ3n) is 9.34. The molecule has 0 spiro atoms. The van der Waals surface area contributed by atoms with E-state index in [2.05, 4.69) is 13.8 Å². The average Bonchev–Trinajstić information content (AvgIpc) is 3.12. The van der Waals surface area contributed by atoms with E-state index in [4.69, 9.17) is 4.74 Å². The van der Waals surface area contributed by atoms with E-state index >= 15 is 0 Å². The first-order chi connectivity index (χ1) is 14.4. The van der Waals surface area contributed by atoms with E-state index in [1.54, 1.807) is 0 Å². The van der Waals surface area contributed by atoms with Crippen LogP contribution in [0.2, 0.25) is 0 Å². The molecule has 0 aromatic carbocycles. The van der Waals surface area contributed by atoms with Gasteiger partial charge in [-0.25, -0.2) is 0 Å². The Morgan fingerprint density at radius 1 is 1.13 bits per heavy atom. The quantitative estimate of drug-likeness (QED) is 0.554. The zero-order valence-corrected chi connectivity index (χ0v) is 19.0. The van der Waals surface area contributed by atoms with Crippen molar-refractivity contribution in [2.45, 2.75) is 85.0 Å². The van der Waals surface area contributed by atoms with Crippen LogP contribution in [0.1, 0.15) is 85.0 Å². The highest BCUT2D eigenvalue weighted by molar-refractivity contribution is 5.93. The van der Waals surface area contributed by atoms with Crippen molar-refractivity contribution < 1.29 is 19.1 Å². The molecule has 0 radical (unpaired) electrons. The Balaban J connectivity index is 1.54. The first kappa shape index (κ1) is 21.8. The molecule has 0 aromatic rings. The maximum atomic E-state index is 13.0. The summed E-state index contributed by atoms with van der Waals surface area (Å²) in [7, 11) is 0. The molecule has 0 heterocycles. The smallest absolute Gasteiger partial charge is 0.303 e. The summed E-state index contributed by atoms with van der Waals surface area (Å²) in [6.45, 7) is 5.76. The third kappa shape index (κ3) is 3.58. The SMILES string of the molecule is CCC[C@@H]1C[C@H]2C(=CC1=O)CC[C@@H]1[C@@H]2CC[C@]2(CC)[C@@H](C(=O)COC(C)=O)CC[C@@H]12. The summed E-state index contributed by atoms with van der Waals surface area (Å²) in [6.07, 6.45) is 12.8. The first-order valence-electron chi connectivity index (χ1n) is 12.3. The van der Waals surface area contributed by atoms with Gasteiger partial charge in [0.05, 0.1) is 0 Å². The van der Waals surface area contributed by atoms with Gasteiger partial charge in [-0.2, -0.15) is 0 Å². The number of fused-ring (bicyclic) bond motifs is 5. The number of esters is 1. The lowest BCUT2D eigenvalue weighted by Crippen LogP contribution is -2.49. The van der Waals surface area contributed by atoms with Crippen LogP contribution in [-0.2, 0) is 19.1 Å². The normalized spacial score (nSPS) is 40.1. The van der Waals surface area contributed by atoms with Gasteiger partial charge in [-0.05, 0) is 93.0 Å². The molecule has 30 heavy (non-hydrogen) atoms. The van der Waals surface area contributed by atoms with Crippen molar-refractivity contribution in [3.63, 3.8) is 0 Å². The van der Waals surface area contributed by atoms with Crippen LogP contribution in [0, 0.1) is 40.9 Å². The second kappa shape index (κ2) is 8.59. The maximum absolute atomic E-state index is 13.0. The highest BCUT2D eigenvalue weighted by Gasteiger charge is 2.59. The Hall–Kier alpha value is -1.45. The molecule has 0 N–H and O–H groups in total. The molecule has 4 aliphatic rings. The molecule has 0 amide bonds. The monoisotopic (exact) mass is 414 g/mol. The molecule has 0 saturated heterocycles. The zero-order valence-electron chi connectivity index (χ0n) is 19.0. The highest BCUT2D eigenvalue weighted by atomic mass is 16.5. The van der Waals surface area contributed by atoms with E-state index in [0.717, 1.165) is 51.4 Å². The van der Waals surface area contributed by atoms with E-state index in [1.165, 1.54) is 25.3 Å². The van der Waals surface area contributed by atoms with Gasteiger partial charge in [0, 0.05) is 18.8 Å². The Bertz CT molecular complexity index is 737. The van der Waals surface area contributed by atoms with Crippen LogP contribution in [0.4, 0.5) is 0 Å². The standard InChI is InChI=1S/C26H38O4/c1-4-6-18-13-21-17(14-24(18)28)7-8-20-19(21)11-12-26(5-2)22(20)9-10-23(26)25(29)15-30-16(3)27/h14,18-23H,4-13,15H2,1-3H3/t18-,19+,20-,21+,22+,23-,26+/m1/s1. The molecule has 3 saturated carbocycles. The maximum Gasteiger partial charge on any atom is 0.303 e. The van der Waals surface area contributed by atoms with Crippen LogP contribution in [0.3, 0.4) is 0 Å². The van der Waals surface area contributed by atoms with Gasteiger partial charge in [0.2, 0.25) is 0 Å². The van der Waals surface area contributed by atoms with Gasteiger partial charge < -0.3 is 4.74 Å². The molecule has 4 heteroatoms. The molecule has 3 fully saturated rings. The lowest BCUT2D eigenvalue weighted by atomic mass is 9.49. The van der Waals surface area contributed by atoms with Crippen molar-refractivity contribution in [1.29, 1.82) is 0 Å². The molecule has 4 aliphatic carbocycles. The minimum atomic E-state index is -0.368. The third-order valence-corrected chi connectivity index (χ3v) is 9.34. The van der Waals surface area contributed by atoms with Gasteiger partial charge >= 0.3 is 5.97 Å². The van der Waals surface area contributed by atoms with Crippen LogP contribution in [0.15, 0.2) is 11.6 Å². The van der Waals surface area contributed by atoms with Gasteiger partial charge in [0.1, 0.15) is 6.61 Å². The summed E-state index contributed by atoms with van der Waals surface area (Å²) < 4.78 is 5.08. The summed E-state index contributed by atoms with van der Waals surface area (Å²) in [4.78, 5) is 36.8. The van der Waals surface area contributed by atoms with E-state index < -0.39 is 0 Å². The molecular formula is C26H38O4. The predicted octanol–water partition coefficient (Wildman–Crippen LogP) is 5.29. The zero-order chi connectivity index (χ0) is 21.5. The topological polar surface area (TPSA) is 60.4 Å². The summed E-state index contributed by atoms with van der Waals surface area (Å²) >= 11 is 0. The van der Waals surface area contributed by atoms with Gasteiger partial charge in [-0.1, -0.05) is 25.8 Å². The largest absolute Gasteiger partial charge is 0.458 e. The van der Waals surface area contributed by atoms with Crippen molar-refractivity contribution >= 4 is 17.5 Å². The van der Waals surface area contributed by atoms with Crippen molar-refractivity contribution in [3.8, 4) is 0 Å². The highest BCUT2D eigenvalue weighted by Crippen LogP contribution is 2.65. The molecular weight excluding hydrogens is 376 g/mol. The van der Waals surface area contributed by atoms with Gasteiger partial charge in [-0.3, -0.25) is 14.4 Å². The van der Waals surface area contributed by atoms with Crippen molar-refractivity contribution in [2.24, 2.45) is 40.9 Å². The number of rotatable bonds is 6. The van der Waals surface area contributed by atoms with Crippen LogP contribution in [0.25, 0.3) is 0 Å². The molecule has 0 aromatic heterocycles. The van der Waals surface area contributed by atoms with Crippen LogP contribution >= 0.6 is 0 Å². The number of Topliss-reactive ketones (excluding diaryl/α,β-unsaturated/α-hetero) is 1. The predicted molar refractivity (Wildman–Crippen MR) is 116 cm³/mol. The fourth-order valence-corrected chi connectivity index (χ4v) is 8.11. The Labute approximate surface area is 181 Å². The van der Waals surface area contributed by atoms with Crippen LogP contribution in [-0.4, -0.2) is 24.1 Å². The van der Waals surface area contributed by atoms with E-state index in [-0.39, 0.29) is 35.6 Å². The Morgan fingerprint density at radius 2 is 1.93 bits per heavy atom. The molecule has 4 rings (SSSR count). The summed E-state index contributed by atoms with van der Waals surface area (Å²) in [5.41, 5.74) is 1.52. The van der Waals surface area contributed by atoms with Crippen LogP contribution < -0.4 is 0 Å². The van der Waals surface area contributed by atoms with E-state index in [9.17, 15) is 14.4 Å². The second-order valence-corrected chi connectivity index (χ2v) is 10.4. The van der Waals surface area contributed by atoms with Crippen molar-refractivity contribution in [3.05, 3.63) is 11.6 Å². The van der Waals surface area contributed by atoms with Gasteiger partial charge in [0.25, 0.3) is 0 Å². The lowest BCUT2D eigenvalue weighted by molar-refractivity contribution is -0.149. The summed E-state index contributed by atoms with van der Waals surface area (Å²) in [5.74, 6) is 2.97. The molecule has 4 nitrogen and oxygen atoms in total.